The first-order valence-corrected chi connectivity index (χ1v) is 16.9. The third kappa shape index (κ3) is 7.79. The summed E-state index contributed by atoms with van der Waals surface area (Å²) in [4.78, 5) is 14.5. The number of aromatic nitrogens is 2. The van der Waals surface area contributed by atoms with Crippen molar-refractivity contribution in [2.45, 2.75) is 38.9 Å². The molecule has 5 aromatic rings. The molecule has 0 amide bonds. The molecule has 6 rings (SSSR count). The van der Waals surface area contributed by atoms with Gasteiger partial charge in [0.25, 0.3) is 0 Å². The van der Waals surface area contributed by atoms with Gasteiger partial charge >= 0.3 is 0 Å². The highest BCUT2D eigenvalue weighted by Gasteiger charge is 2.26. The number of anilines is 1. The normalized spacial score (nSPS) is 13.5. The number of nitrogens with zero attached hydrogens (tertiary/aromatic N) is 4. The van der Waals surface area contributed by atoms with Crippen LogP contribution in [-0.4, -0.2) is 69.5 Å². The maximum absolute atomic E-state index is 5.61. The smallest absolute Gasteiger partial charge is 0.203 e. The third-order valence-corrected chi connectivity index (χ3v) is 9.47. The van der Waals surface area contributed by atoms with Crippen LogP contribution in [0, 0.1) is 6.92 Å². The predicted molar refractivity (Wildman–Crippen MR) is 198 cm³/mol. The zero-order valence-corrected chi connectivity index (χ0v) is 29.8. The lowest BCUT2D eigenvalue weighted by Crippen LogP contribution is -2.44. The van der Waals surface area contributed by atoms with Crippen LogP contribution in [0.5, 0.6) is 28.7 Å². The Morgan fingerprint density at radius 3 is 1.86 bits per heavy atom. The van der Waals surface area contributed by atoms with Gasteiger partial charge in [-0.05, 0) is 103 Å². The van der Waals surface area contributed by atoms with Crippen molar-refractivity contribution in [3.8, 4) is 51.3 Å². The van der Waals surface area contributed by atoms with Crippen molar-refractivity contribution in [3.63, 3.8) is 0 Å². The molecule has 1 aliphatic heterocycles. The van der Waals surface area contributed by atoms with Crippen molar-refractivity contribution in [3.05, 3.63) is 108 Å². The second kappa shape index (κ2) is 16.0. The van der Waals surface area contributed by atoms with Crippen LogP contribution in [-0.2, 0) is 13.1 Å². The van der Waals surface area contributed by atoms with Crippen molar-refractivity contribution >= 4 is 5.69 Å². The number of methoxy groups -OCH3 is 5. The number of piperidine rings is 1. The summed E-state index contributed by atoms with van der Waals surface area (Å²) in [6.45, 7) is 5.68. The average Bonchev–Trinajstić information content (AvgIpc) is 3.17. The molecule has 50 heavy (non-hydrogen) atoms. The fourth-order valence-corrected chi connectivity index (χ4v) is 6.72. The third-order valence-electron chi connectivity index (χ3n) is 9.47. The summed E-state index contributed by atoms with van der Waals surface area (Å²) in [6.07, 6.45) is 5.88. The molecule has 0 N–H and O–H groups in total. The Kier molecular flexibility index (Phi) is 11.0. The molecular formula is C41H46N4O5. The lowest BCUT2D eigenvalue weighted by Gasteiger charge is -2.40. The van der Waals surface area contributed by atoms with Crippen LogP contribution in [0.1, 0.15) is 29.5 Å². The standard InChI is InChI=1S/C41H46N4O5/c1-28-7-8-31(23-38(28)47-3)36-21-29(13-17-42-36)26-44-19-15-34(16-20-44)45(33-9-11-35(46-2)12-10-33)27-30-14-18-43-37(22-30)32-24-39(48-4)41(50-6)40(25-32)49-5/h7-14,17-18,21-25,34H,15-16,19-20,26-27H2,1-6H3. The molecule has 1 fully saturated rings. The van der Waals surface area contributed by atoms with Crippen LogP contribution in [0.2, 0.25) is 0 Å². The molecule has 2 aromatic heterocycles. The number of hydrogen-bond donors (Lipinski definition) is 0. The number of ether oxygens (including phenoxy) is 5. The van der Waals surface area contributed by atoms with E-state index in [9.17, 15) is 0 Å². The van der Waals surface area contributed by atoms with Gasteiger partial charge in [-0.25, -0.2) is 0 Å². The molecule has 0 unspecified atom stereocenters. The van der Waals surface area contributed by atoms with Crippen LogP contribution in [0.4, 0.5) is 5.69 Å². The number of benzene rings is 3. The van der Waals surface area contributed by atoms with Gasteiger partial charge < -0.3 is 28.6 Å². The number of rotatable bonds is 13. The fourth-order valence-electron chi connectivity index (χ4n) is 6.72. The largest absolute Gasteiger partial charge is 0.497 e. The summed E-state index contributed by atoms with van der Waals surface area (Å²) in [5.74, 6) is 3.47. The Balaban J connectivity index is 1.19. The van der Waals surface area contributed by atoms with Crippen LogP contribution in [0.25, 0.3) is 22.5 Å². The lowest BCUT2D eigenvalue weighted by molar-refractivity contribution is 0.201. The molecule has 3 aromatic carbocycles. The molecule has 1 aliphatic rings. The van der Waals surface area contributed by atoms with Gasteiger partial charge in [0, 0.05) is 61.4 Å². The van der Waals surface area contributed by atoms with Gasteiger partial charge in [0.15, 0.2) is 11.5 Å². The summed E-state index contributed by atoms with van der Waals surface area (Å²) in [5.41, 5.74) is 8.47. The second-order valence-electron chi connectivity index (χ2n) is 12.5. The van der Waals surface area contributed by atoms with E-state index in [0.717, 1.165) is 78.6 Å². The quantitative estimate of drug-likeness (QED) is 0.124. The average molecular weight is 675 g/mol. The highest BCUT2D eigenvalue weighted by atomic mass is 16.5. The van der Waals surface area contributed by atoms with Crippen LogP contribution in [0.15, 0.2) is 91.3 Å². The summed E-state index contributed by atoms with van der Waals surface area (Å²) < 4.78 is 27.8. The van der Waals surface area contributed by atoms with Crippen LogP contribution >= 0.6 is 0 Å². The van der Waals surface area contributed by atoms with Crippen molar-refractivity contribution in [1.82, 2.24) is 14.9 Å². The summed E-state index contributed by atoms with van der Waals surface area (Å²) in [6, 6.07) is 27.5. The van der Waals surface area contributed by atoms with Crippen LogP contribution < -0.4 is 28.6 Å². The Hall–Kier alpha value is -5.28. The summed E-state index contributed by atoms with van der Waals surface area (Å²) in [7, 11) is 8.27. The van der Waals surface area contributed by atoms with E-state index in [1.54, 1.807) is 35.5 Å². The molecule has 260 valence electrons. The highest BCUT2D eigenvalue weighted by molar-refractivity contribution is 5.69. The number of pyridine rings is 2. The Bertz CT molecular complexity index is 1860. The van der Waals surface area contributed by atoms with Gasteiger partial charge in [-0.15, -0.1) is 0 Å². The van der Waals surface area contributed by atoms with Gasteiger partial charge in [0.05, 0.1) is 46.9 Å². The maximum atomic E-state index is 5.61. The first-order chi connectivity index (χ1) is 24.4. The van der Waals surface area contributed by atoms with E-state index in [-0.39, 0.29) is 0 Å². The van der Waals surface area contributed by atoms with Crippen molar-refractivity contribution < 1.29 is 23.7 Å². The Morgan fingerprint density at radius 1 is 0.640 bits per heavy atom. The van der Waals surface area contributed by atoms with Crippen LogP contribution in [0.3, 0.4) is 0 Å². The van der Waals surface area contributed by atoms with E-state index in [4.69, 9.17) is 28.7 Å². The van der Waals surface area contributed by atoms with Gasteiger partial charge in [-0.1, -0.05) is 12.1 Å². The molecule has 3 heterocycles. The van der Waals surface area contributed by atoms with Gasteiger partial charge in [-0.2, -0.15) is 0 Å². The van der Waals surface area contributed by atoms with E-state index in [0.29, 0.717) is 23.3 Å². The zero-order chi connectivity index (χ0) is 35.0. The van der Waals surface area contributed by atoms with E-state index in [2.05, 4.69) is 76.3 Å². The number of hydrogen-bond acceptors (Lipinski definition) is 9. The van der Waals surface area contributed by atoms with Crippen molar-refractivity contribution in [2.24, 2.45) is 0 Å². The highest BCUT2D eigenvalue weighted by Crippen LogP contribution is 2.41. The topological polar surface area (TPSA) is 78.4 Å². The zero-order valence-electron chi connectivity index (χ0n) is 29.8. The maximum Gasteiger partial charge on any atom is 0.203 e. The molecule has 0 atom stereocenters. The van der Waals surface area contributed by atoms with Crippen molar-refractivity contribution in [2.75, 3.05) is 53.5 Å². The van der Waals surface area contributed by atoms with E-state index < -0.39 is 0 Å². The van der Waals surface area contributed by atoms with E-state index >= 15 is 0 Å². The lowest BCUT2D eigenvalue weighted by atomic mass is 10.00. The SMILES string of the molecule is COc1ccc(N(Cc2ccnc(-c3cc(OC)c(OC)c(OC)c3)c2)C2CCN(Cc3ccnc(-c4ccc(C)c(OC)c4)c3)CC2)cc1. The van der Waals surface area contributed by atoms with E-state index in [1.165, 1.54) is 16.8 Å². The molecule has 9 heteroatoms. The molecule has 9 nitrogen and oxygen atoms in total. The first-order valence-electron chi connectivity index (χ1n) is 16.9. The van der Waals surface area contributed by atoms with Gasteiger partial charge in [-0.3, -0.25) is 14.9 Å². The molecule has 0 spiro atoms. The number of aryl methyl sites for hydroxylation is 1. The fraction of sp³-hybridized carbons (Fsp3) is 0.317. The summed E-state index contributed by atoms with van der Waals surface area (Å²) in [5, 5.41) is 0. The predicted octanol–water partition coefficient (Wildman–Crippen LogP) is 7.83. The van der Waals surface area contributed by atoms with Crippen molar-refractivity contribution in [1.29, 1.82) is 0 Å². The first kappa shape index (κ1) is 34.6. The minimum absolute atomic E-state index is 0.366. The molecule has 1 saturated heterocycles. The monoisotopic (exact) mass is 674 g/mol. The second-order valence-corrected chi connectivity index (χ2v) is 12.5. The Morgan fingerprint density at radius 2 is 1.24 bits per heavy atom. The number of likely N-dealkylation sites (tertiary alicyclic amines) is 1. The minimum atomic E-state index is 0.366. The minimum Gasteiger partial charge on any atom is -0.497 e. The molecule has 0 aliphatic carbocycles. The molecule has 0 bridgehead atoms. The Labute approximate surface area is 295 Å². The van der Waals surface area contributed by atoms with Gasteiger partial charge in [0.1, 0.15) is 11.5 Å². The van der Waals surface area contributed by atoms with E-state index in [1.807, 2.05) is 36.7 Å². The molecule has 0 radical (unpaired) electrons. The molecular weight excluding hydrogens is 628 g/mol. The summed E-state index contributed by atoms with van der Waals surface area (Å²) >= 11 is 0. The van der Waals surface area contributed by atoms with Gasteiger partial charge in [0.2, 0.25) is 5.75 Å². The molecule has 0 saturated carbocycles.